The van der Waals surface area contributed by atoms with E-state index in [4.69, 9.17) is 0 Å². The molecule has 0 bridgehead atoms. The average molecular weight is 313 g/mol. The lowest BCUT2D eigenvalue weighted by atomic mass is 9.95. The smallest absolute Gasteiger partial charge is 0.227 e. The summed E-state index contributed by atoms with van der Waals surface area (Å²) in [7, 11) is 0. The number of amides is 1. The standard InChI is InChI=1S/C17H19N3OS/c21-17-4-3-15-16(20(17)14-2-1-7-18-10-14)5-8-19(15)11-13-6-9-22-12-13/h1-2,6-7,9-10,12,15-16H,3-5,8,11H2/t15-,16-/m0/s1. The van der Waals surface area contributed by atoms with E-state index in [1.807, 2.05) is 23.2 Å². The molecule has 0 spiro atoms. The van der Waals surface area contributed by atoms with Crippen molar-refractivity contribution in [3.05, 3.63) is 46.9 Å². The van der Waals surface area contributed by atoms with E-state index in [9.17, 15) is 4.79 Å². The number of fused-ring (bicyclic) bond motifs is 1. The number of carbonyl (C=O) groups is 1. The van der Waals surface area contributed by atoms with Gasteiger partial charge in [0.25, 0.3) is 0 Å². The van der Waals surface area contributed by atoms with Gasteiger partial charge in [-0.3, -0.25) is 14.7 Å². The van der Waals surface area contributed by atoms with Crippen molar-refractivity contribution >= 4 is 22.9 Å². The van der Waals surface area contributed by atoms with Gasteiger partial charge < -0.3 is 4.90 Å². The third kappa shape index (κ3) is 2.44. The molecule has 0 aromatic carbocycles. The molecule has 0 radical (unpaired) electrons. The minimum atomic E-state index is 0.242. The van der Waals surface area contributed by atoms with Gasteiger partial charge in [0.1, 0.15) is 0 Å². The molecule has 2 fully saturated rings. The molecule has 0 saturated carbocycles. The first-order valence-corrected chi connectivity index (χ1v) is 8.74. The average Bonchev–Trinajstić information content (AvgIpc) is 3.19. The predicted molar refractivity (Wildman–Crippen MR) is 87.9 cm³/mol. The van der Waals surface area contributed by atoms with Gasteiger partial charge in [-0.2, -0.15) is 11.3 Å². The van der Waals surface area contributed by atoms with Crippen LogP contribution in [0.4, 0.5) is 5.69 Å². The summed E-state index contributed by atoms with van der Waals surface area (Å²) in [5.74, 6) is 0.242. The maximum Gasteiger partial charge on any atom is 0.227 e. The number of pyridine rings is 1. The van der Waals surface area contributed by atoms with E-state index >= 15 is 0 Å². The predicted octanol–water partition coefficient (Wildman–Crippen LogP) is 2.91. The number of hydrogen-bond donors (Lipinski definition) is 0. The van der Waals surface area contributed by atoms with Gasteiger partial charge in [-0.05, 0) is 47.4 Å². The first kappa shape index (κ1) is 13.9. The van der Waals surface area contributed by atoms with Crippen LogP contribution < -0.4 is 4.90 Å². The summed E-state index contributed by atoms with van der Waals surface area (Å²) in [4.78, 5) is 21.2. The summed E-state index contributed by atoms with van der Waals surface area (Å²) in [5.41, 5.74) is 2.33. The lowest BCUT2D eigenvalue weighted by Crippen LogP contribution is -2.52. The highest BCUT2D eigenvalue weighted by atomic mass is 32.1. The highest BCUT2D eigenvalue weighted by Crippen LogP contribution is 2.35. The second-order valence-electron chi connectivity index (χ2n) is 6.04. The summed E-state index contributed by atoms with van der Waals surface area (Å²) >= 11 is 1.75. The minimum absolute atomic E-state index is 0.242. The summed E-state index contributed by atoms with van der Waals surface area (Å²) in [6.07, 6.45) is 6.23. The molecular formula is C17H19N3OS. The molecule has 114 valence electrons. The van der Waals surface area contributed by atoms with Gasteiger partial charge in [0, 0.05) is 31.7 Å². The fourth-order valence-corrected chi connectivity index (χ4v) is 4.46. The number of nitrogens with zero attached hydrogens (tertiary/aromatic N) is 3. The number of anilines is 1. The van der Waals surface area contributed by atoms with Crippen LogP contribution in [-0.2, 0) is 11.3 Å². The van der Waals surface area contributed by atoms with E-state index in [-0.39, 0.29) is 5.91 Å². The Morgan fingerprint density at radius 3 is 3.00 bits per heavy atom. The molecule has 4 nitrogen and oxygen atoms in total. The maximum atomic E-state index is 12.4. The van der Waals surface area contributed by atoms with Crippen LogP contribution in [0.2, 0.25) is 0 Å². The second kappa shape index (κ2) is 5.82. The van der Waals surface area contributed by atoms with Crippen LogP contribution in [0.5, 0.6) is 0 Å². The molecule has 4 rings (SSSR count). The van der Waals surface area contributed by atoms with Crippen molar-refractivity contribution in [2.24, 2.45) is 0 Å². The molecule has 0 N–H and O–H groups in total. The van der Waals surface area contributed by atoms with Crippen LogP contribution in [-0.4, -0.2) is 34.4 Å². The molecule has 2 atom stereocenters. The number of aromatic nitrogens is 1. The van der Waals surface area contributed by atoms with E-state index in [1.165, 1.54) is 5.56 Å². The zero-order valence-corrected chi connectivity index (χ0v) is 13.2. The molecule has 2 aromatic rings. The molecule has 5 heteroatoms. The molecule has 2 aliphatic heterocycles. The molecule has 2 aromatic heterocycles. The first-order valence-electron chi connectivity index (χ1n) is 7.80. The Balaban J connectivity index is 1.57. The summed E-state index contributed by atoms with van der Waals surface area (Å²) in [6.45, 7) is 2.06. The topological polar surface area (TPSA) is 36.4 Å². The summed E-state index contributed by atoms with van der Waals surface area (Å²) in [5, 5.41) is 4.36. The molecule has 4 heterocycles. The largest absolute Gasteiger partial charge is 0.306 e. The number of carbonyl (C=O) groups excluding carboxylic acids is 1. The SMILES string of the molecule is O=C1CC[C@H]2[C@H](CCN2Cc2ccsc2)N1c1cccnc1. The molecule has 1 amide bonds. The van der Waals surface area contributed by atoms with Crippen LogP contribution in [0.25, 0.3) is 0 Å². The highest BCUT2D eigenvalue weighted by Gasteiger charge is 2.43. The van der Waals surface area contributed by atoms with Crippen LogP contribution in [0.3, 0.4) is 0 Å². The quantitative estimate of drug-likeness (QED) is 0.874. The molecule has 2 saturated heterocycles. The Morgan fingerprint density at radius 1 is 1.27 bits per heavy atom. The lowest BCUT2D eigenvalue weighted by molar-refractivity contribution is -0.120. The van der Waals surface area contributed by atoms with Crippen molar-refractivity contribution in [3.63, 3.8) is 0 Å². The van der Waals surface area contributed by atoms with Crippen LogP contribution in [0.15, 0.2) is 41.4 Å². The van der Waals surface area contributed by atoms with Crippen molar-refractivity contribution in [2.75, 3.05) is 11.4 Å². The second-order valence-corrected chi connectivity index (χ2v) is 6.82. The van der Waals surface area contributed by atoms with E-state index in [1.54, 1.807) is 17.5 Å². The Labute approximate surface area is 134 Å². The van der Waals surface area contributed by atoms with Gasteiger partial charge in [0.2, 0.25) is 5.91 Å². The Bertz CT molecular complexity index is 643. The van der Waals surface area contributed by atoms with Crippen molar-refractivity contribution in [1.82, 2.24) is 9.88 Å². The number of rotatable bonds is 3. The molecule has 0 aliphatic carbocycles. The lowest BCUT2D eigenvalue weighted by Gasteiger charge is -2.39. The molecule has 0 unspecified atom stereocenters. The third-order valence-corrected chi connectivity index (χ3v) is 5.50. The molecular weight excluding hydrogens is 294 g/mol. The van der Waals surface area contributed by atoms with Crippen molar-refractivity contribution < 1.29 is 4.79 Å². The van der Waals surface area contributed by atoms with E-state index in [2.05, 4.69) is 26.7 Å². The number of hydrogen-bond acceptors (Lipinski definition) is 4. The zero-order valence-electron chi connectivity index (χ0n) is 12.4. The van der Waals surface area contributed by atoms with Crippen LogP contribution >= 0.6 is 11.3 Å². The fourth-order valence-electron chi connectivity index (χ4n) is 3.80. The Hall–Kier alpha value is -1.72. The van der Waals surface area contributed by atoms with E-state index in [0.717, 1.165) is 31.6 Å². The van der Waals surface area contributed by atoms with Crippen molar-refractivity contribution in [1.29, 1.82) is 0 Å². The van der Waals surface area contributed by atoms with Gasteiger partial charge >= 0.3 is 0 Å². The van der Waals surface area contributed by atoms with Gasteiger partial charge in [-0.1, -0.05) is 0 Å². The monoisotopic (exact) mass is 313 g/mol. The number of piperidine rings is 1. The number of likely N-dealkylation sites (tertiary alicyclic amines) is 1. The normalized spacial score (nSPS) is 25.5. The van der Waals surface area contributed by atoms with Crippen LogP contribution in [0.1, 0.15) is 24.8 Å². The Kier molecular flexibility index (Phi) is 3.68. The maximum absolute atomic E-state index is 12.4. The molecule has 22 heavy (non-hydrogen) atoms. The molecule has 2 aliphatic rings. The van der Waals surface area contributed by atoms with Crippen molar-refractivity contribution in [2.45, 2.75) is 37.9 Å². The Morgan fingerprint density at radius 2 is 2.23 bits per heavy atom. The summed E-state index contributed by atoms with van der Waals surface area (Å²) < 4.78 is 0. The minimum Gasteiger partial charge on any atom is -0.306 e. The summed E-state index contributed by atoms with van der Waals surface area (Å²) in [6, 6.07) is 6.87. The zero-order chi connectivity index (χ0) is 14.9. The van der Waals surface area contributed by atoms with Gasteiger partial charge in [0.05, 0.1) is 17.9 Å². The van der Waals surface area contributed by atoms with E-state index in [0.29, 0.717) is 18.5 Å². The van der Waals surface area contributed by atoms with E-state index < -0.39 is 0 Å². The third-order valence-electron chi connectivity index (χ3n) is 4.77. The van der Waals surface area contributed by atoms with Crippen molar-refractivity contribution in [3.8, 4) is 0 Å². The highest BCUT2D eigenvalue weighted by molar-refractivity contribution is 7.07. The van der Waals surface area contributed by atoms with Gasteiger partial charge in [-0.15, -0.1) is 0 Å². The van der Waals surface area contributed by atoms with Gasteiger partial charge in [0.15, 0.2) is 0 Å². The van der Waals surface area contributed by atoms with Gasteiger partial charge in [-0.25, -0.2) is 0 Å². The van der Waals surface area contributed by atoms with Crippen LogP contribution in [0, 0.1) is 0 Å². The first-order chi connectivity index (χ1) is 10.8. The number of thiophene rings is 1. The fraction of sp³-hybridized carbons (Fsp3) is 0.412.